The number of pyridine rings is 1. The van der Waals surface area contributed by atoms with Gasteiger partial charge < -0.3 is 20.5 Å². The molecule has 8 nitrogen and oxygen atoms in total. The molecule has 28 heavy (non-hydrogen) atoms. The molecule has 2 heterocycles. The van der Waals surface area contributed by atoms with Gasteiger partial charge in [0.05, 0.1) is 0 Å². The topological polar surface area (TPSA) is 126 Å². The van der Waals surface area contributed by atoms with Crippen molar-refractivity contribution in [2.24, 2.45) is 0 Å². The van der Waals surface area contributed by atoms with Gasteiger partial charge in [0.15, 0.2) is 0 Å². The molecule has 4 N–H and O–H groups in total. The standard InChI is InChI=1S/C19H22BN3O5/c1-19(2,3)28-18(25)23-7-6-12-8-11(4-5-14(12)17(23)24)15-9-13(20(26)27)10-22-16(15)21/h4-5,8-10,26-27H,6-7H2,1-3H3,(H2,21,22). The van der Waals surface area contributed by atoms with Gasteiger partial charge in [-0.1, -0.05) is 12.1 Å². The molecule has 0 aliphatic carbocycles. The molecule has 9 heteroatoms. The Balaban J connectivity index is 1.91. The van der Waals surface area contributed by atoms with E-state index < -0.39 is 24.7 Å². The van der Waals surface area contributed by atoms with E-state index >= 15 is 0 Å². The van der Waals surface area contributed by atoms with Gasteiger partial charge in [0, 0.05) is 29.3 Å². The third-order valence-corrected chi connectivity index (χ3v) is 4.35. The maximum absolute atomic E-state index is 12.7. The van der Waals surface area contributed by atoms with E-state index in [1.165, 1.54) is 6.20 Å². The number of carbonyl (C=O) groups is 2. The van der Waals surface area contributed by atoms with Gasteiger partial charge in [0.2, 0.25) is 0 Å². The minimum atomic E-state index is -1.66. The van der Waals surface area contributed by atoms with Crippen LogP contribution in [-0.2, 0) is 11.2 Å². The number of rotatable bonds is 2. The Bertz CT molecular complexity index is 940. The third kappa shape index (κ3) is 4.00. The minimum absolute atomic E-state index is 0.216. The average Bonchev–Trinajstić information content (AvgIpc) is 2.60. The molecule has 1 aromatic carbocycles. The van der Waals surface area contributed by atoms with Gasteiger partial charge in [-0.3, -0.25) is 4.79 Å². The van der Waals surface area contributed by atoms with Crippen molar-refractivity contribution >= 4 is 30.4 Å². The van der Waals surface area contributed by atoms with Crippen LogP contribution in [0.15, 0.2) is 30.5 Å². The summed E-state index contributed by atoms with van der Waals surface area (Å²) in [7, 11) is -1.66. The number of fused-ring (bicyclic) bond motifs is 1. The van der Waals surface area contributed by atoms with Gasteiger partial charge in [0.25, 0.3) is 5.91 Å². The van der Waals surface area contributed by atoms with Gasteiger partial charge >= 0.3 is 13.2 Å². The number of ether oxygens (including phenoxy) is 1. The molecule has 0 atom stereocenters. The molecule has 1 aromatic heterocycles. The van der Waals surface area contributed by atoms with Crippen molar-refractivity contribution in [3.8, 4) is 11.1 Å². The molecule has 0 spiro atoms. The van der Waals surface area contributed by atoms with E-state index in [9.17, 15) is 19.6 Å². The molecule has 2 aromatic rings. The second kappa shape index (κ2) is 7.25. The van der Waals surface area contributed by atoms with Gasteiger partial charge in [-0.15, -0.1) is 0 Å². The first kappa shape index (κ1) is 19.8. The first-order valence-corrected chi connectivity index (χ1v) is 8.86. The summed E-state index contributed by atoms with van der Waals surface area (Å²) < 4.78 is 5.30. The van der Waals surface area contributed by atoms with Crippen LogP contribution >= 0.6 is 0 Å². The molecule has 0 bridgehead atoms. The van der Waals surface area contributed by atoms with Crippen molar-refractivity contribution in [2.45, 2.75) is 32.8 Å². The minimum Gasteiger partial charge on any atom is -0.443 e. The zero-order valence-electron chi connectivity index (χ0n) is 16.0. The second-order valence-corrected chi connectivity index (χ2v) is 7.63. The van der Waals surface area contributed by atoms with Crippen molar-refractivity contribution in [2.75, 3.05) is 12.3 Å². The molecule has 3 rings (SSSR count). The van der Waals surface area contributed by atoms with Crippen LogP contribution in [0.4, 0.5) is 10.6 Å². The summed E-state index contributed by atoms with van der Waals surface area (Å²) in [5.74, 6) is -0.172. The van der Waals surface area contributed by atoms with Crippen LogP contribution in [0.3, 0.4) is 0 Å². The molecule has 0 saturated heterocycles. The number of anilines is 1. The van der Waals surface area contributed by atoms with Crippen molar-refractivity contribution in [3.05, 3.63) is 41.6 Å². The SMILES string of the molecule is CC(C)(C)OC(=O)N1CCc2cc(-c3cc(B(O)O)cnc3N)ccc2C1=O. The Morgan fingerprint density at radius 1 is 1.25 bits per heavy atom. The second-order valence-electron chi connectivity index (χ2n) is 7.63. The number of benzene rings is 1. The van der Waals surface area contributed by atoms with Gasteiger partial charge in [-0.05, 0) is 50.5 Å². The number of nitrogen functional groups attached to an aromatic ring is 1. The molecule has 0 radical (unpaired) electrons. The highest BCUT2D eigenvalue weighted by Crippen LogP contribution is 2.29. The van der Waals surface area contributed by atoms with E-state index in [1.807, 2.05) is 0 Å². The Morgan fingerprint density at radius 3 is 2.61 bits per heavy atom. The average molecular weight is 383 g/mol. The summed E-state index contributed by atoms with van der Waals surface area (Å²) in [6, 6.07) is 6.67. The van der Waals surface area contributed by atoms with E-state index in [4.69, 9.17) is 10.5 Å². The number of nitrogens with two attached hydrogens (primary N) is 1. The van der Waals surface area contributed by atoms with Crippen LogP contribution in [0, 0.1) is 0 Å². The summed E-state index contributed by atoms with van der Waals surface area (Å²) in [6.07, 6.45) is 1.11. The lowest BCUT2D eigenvalue weighted by molar-refractivity contribution is 0.0233. The largest absolute Gasteiger partial charge is 0.490 e. The molecule has 146 valence electrons. The lowest BCUT2D eigenvalue weighted by atomic mass is 9.80. The molecule has 1 aliphatic rings. The third-order valence-electron chi connectivity index (χ3n) is 4.35. The van der Waals surface area contributed by atoms with Crippen LogP contribution in [0.25, 0.3) is 11.1 Å². The Morgan fingerprint density at radius 2 is 1.96 bits per heavy atom. The molecular weight excluding hydrogens is 361 g/mol. The molecular formula is C19H22BN3O5. The molecule has 0 saturated carbocycles. The Hall–Kier alpha value is -2.91. The number of amides is 2. The molecule has 0 unspecified atom stereocenters. The maximum Gasteiger partial charge on any atom is 0.490 e. The number of aromatic nitrogens is 1. The van der Waals surface area contributed by atoms with Crippen LogP contribution in [0.2, 0.25) is 0 Å². The number of nitrogens with zero attached hydrogens (tertiary/aromatic N) is 2. The smallest absolute Gasteiger partial charge is 0.443 e. The molecule has 2 amide bonds. The highest BCUT2D eigenvalue weighted by atomic mass is 16.6. The predicted molar refractivity (Wildman–Crippen MR) is 105 cm³/mol. The van der Waals surface area contributed by atoms with E-state index in [0.717, 1.165) is 10.5 Å². The summed E-state index contributed by atoms with van der Waals surface area (Å²) in [5.41, 5.74) is 7.90. The van der Waals surface area contributed by atoms with Gasteiger partial charge in [-0.2, -0.15) is 0 Å². The highest BCUT2D eigenvalue weighted by Gasteiger charge is 2.32. The van der Waals surface area contributed by atoms with Gasteiger partial charge in [0.1, 0.15) is 11.4 Å². The van der Waals surface area contributed by atoms with E-state index in [2.05, 4.69) is 4.98 Å². The quantitative estimate of drug-likeness (QED) is 0.659. The zero-order chi connectivity index (χ0) is 20.6. The first-order chi connectivity index (χ1) is 13.1. The molecule has 0 fully saturated rings. The van der Waals surface area contributed by atoms with E-state index in [1.54, 1.807) is 45.0 Å². The number of hydrogen-bond acceptors (Lipinski definition) is 7. The monoisotopic (exact) mass is 383 g/mol. The lowest BCUT2D eigenvalue weighted by Crippen LogP contribution is -2.44. The summed E-state index contributed by atoms with van der Waals surface area (Å²) >= 11 is 0. The summed E-state index contributed by atoms with van der Waals surface area (Å²) in [4.78, 5) is 30.1. The Kier molecular flexibility index (Phi) is 5.14. The number of carbonyl (C=O) groups excluding carboxylic acids is 2. The highest BCUT2D eigenvalue weighted by molar-refractivity contribution is 6.58. The normalized spacial score (nSPS) is 13.9. The Labute approximate surface area is 163 Å². The first-order valence-electron chi connectivity index (χ1n) is 8.86. The fourth-order valence-electron chi connectivity index (χ4n) is 3.01. The van der Waals surface area contributed by atoms with Crippen LogP contribution in [0.1, 0.15) is 36.7 Å². The maximum atomic E-state index is 12.7. The molecule has 1 aliphatic heterocycles. The van der Waals surface area contributed by atoms with Crippen molar-refractivity contribution in [3.63, 3.8) is 0 Å². The van der Waals surface area contributed by atoms with E-state index in [-0.39, 0.29) is 17.8 Å². The zero-order valence-corrected chi connectivity index (χ0v) is 16.0. The fraction of sp³-hybridized carbons (Fsp3) is 0.316. The number of hydrogen-bond donors (Lipinski definition) is 3. The summed E-state index contributed by atoms with van der Waals surface area (Å²) in [6.45, 7) is 5.45. The van der Waals surface area contributed by atoms with Crippen LogP contribution < -0.4 is 11.2 Å². The van der Waals surface area contributed by atoms with Crippen molar-refractivity contribution in [1.29, 1.82) is 0 Å². The van der Waals surface area contributed by atoms with Crippen molar-refractivity contribution in [1.82, 2.24) is 9.88 Å². The van der Waals surface area contributed by atoms with Crippen LogP contribution in [-0.4, -0.2) is 51.2 Å². The lowest BCUT2D eigenvalue weighted by Gasteiger charge is -2.29. The van der Waals surface area contributed by atoms with Crippen LogP contribution in [0.5, 0.6) is 0 Å². The summed E-state index contributed by atoms with van der Waals surface area (Å²) in [5, 5.41) is 18.7. The number of imide groups is 1. The van der Waals surface area contributed by atoms with Gasteiger partial charge in [-0.25, -0.2) is 14.7 Å². The van der Waals surface area contributed by atoms with Crippen molar-refractivity contribution < 1.29 is 24.4 Å². The fourth-order valence-corrected chi connectivity index (χ4v) is 3.01. The predicted octanol–water partition coefficient (Wildman–Crippen LogP) is 0.944. The van der Waals surface area contributed by atoms with E-state index in [0.29, 0.717) is 23.1 Å².